The summed E-state index contributed by atoms with van der Waals surface area (Å²) >= 11 is 0. The van der Waals surface area contributed by atoms with Crippen LogP contribution in [0.2, 0.25) is 0 Å². The highest BCUT2D eigenvalue weighted by atomic mass is 16.4. The highest BCUT2D eigenvalue weighted by molar-refractivity contribution is 5.89. The molecule has 0 spiro atoms. The molecule has 0 atom stereocenters. The summed E-state index contributed by atoms with van der Waals surface area (Å²) in [7, 11) is 3.89. The van der Waals surface area contributed by atoms with E-state index >= 15 is 0 Å². The summed E-state index contributed by atoms with van der Waals surface area (Å²) in [6.07, 6.45) is 2.80. The Bertz CT molecular complexity index is 1150. The highest BCUT2D eigenvalue weighted by Crippen LogP contribution is 2.22. The number of rotatable bonds is 5. The van der Waals surface area contributed by atoms with Crippen LogP contribution in [0.1, 0.15) is 21.6 Å². The zero-order chi connectivity index (χ0) is 21.1. The van der Waals surface area contributed by atoms with Crippen LogP contribution in [0.3, 0.4) is 0 Å². The summed E-state index contributed by atoms with van der Waals surface area (Å²) in [5.74, 6) is -1.20. The Morgan fingerprint density at radius 2 is 1.79 bits per heavy atom. The fourth-order valence-electron chi connectivity index (χ4n) is 2.91. The number of hydrogen-bond acceptors (Lipinski definition) is 5. The van der Waals surface area contributed by atoms with Crippen molar-refractivity contribution in [3.8, 4) is 11.4 Å². The molecule has 0 saturated heterocycles. The maximum Gasteiger partial charge on any atom is 0.341 e. The Kier molecular flexibility index (Phi) is 5.50. The van der Waals surface area contributed by atoms with Crippen molar-refractivity contribution < 1.29 is 15.0 Å². The van der Waals surface area contributed by atoms with Crippen molar-refractivity contribution in [3.05, 3.63) is 81.8 Å². The molecule has 2 N–H and O–H groups in total. The van der Waals surface area contributed by atoms with Crippen LogP contribution in [0.5, 0.6) is 5.75 Å². The predicted octanol–water partition coefficient (Wildman–Crippen LogP) is 3.37. The number of carbonyl (C=O) groups is 1. The summed E-state index contributed by atoms with van der Waals surface area (Å²) < 4.78 is 1.58. The quantitative estimate of drug-likeness (QED) is 0.650. The number of aliphatic imine (C=N–C) groups is 1. The van der Waals surface area contributed by atoms with Gasteiger partial charge >= 0.3 is 5.97 Å². The van der Waals surface area contributed by atoms with Crippen molar-refractivity contribution in [2.24, 2.45) is 4.99 Å². The molecule has 3 rings (SSSR count). The van der Waals surface area contributed by atoms with E-state index in [0.29, 0.717) is 17.1 Å². The summed E-state index contributed by atoms with van der Waals surface area (Å²) in [5, 5.41) is 19.0. The van der Waals surface area contributed by atoms with Gasteiger partial charge in [-0.3, -0.25) is 9.79 Å². The maximum absolute atomic E-state index is 12.2. The van der Waals surface area contributed by atoms with E-state index in [4.69, 9.17) is 0 Å². The van der Waals surface area contributed by atoms with Gasteiger partial charge in [-0.2, -0.15) is 0 Å². The van der Waals surface area contributed by atoms with Gasteiger partial charge in [-0.1, -0.05) is 0 Å². The van der Waals surface area contributed by atoms with Gasteiger partial charge in [0, 0.05) is 37.7 Å². The molecule has 0 radical (unpaired) electrons. The highest BCUT2D eigenvalue weighted by Gasteiger charge is 2.14. The van der Waals surface area contributed by atoms with Gasteiger partial charge in [-0.25, -0.2) is 4.79 Å². The molecule has 0 aliphatic carbocycles. The molecule has 1 aromatic heterocycles. The minimum Gasteiger partial charge on any atom is -0.508 e. The Labute approximate surface area is 167 Å². The number of aromatic carboxylic acids is 1. The Hall–Kier alpha value is -3.87. The Balaban J connectivity index is 2.10. The van der Waals surface area contributed by atoms with E-state index in [1.165, 1.54) is 24.5 Å². The molecule has 1 heterocycles. The van der Waals surface area contributed by atoms with Crippen LogP contribution in [-0.4, -0.2) is 41.1 Å². The molecule has 0 unspecified atom stereocenters. The molecule has 0 saturated carbocycles. The van der Waals surface area contributed by atoms with Crippen molar-refractivity contribution in [3.63, 3.8) is 0 Å². The van der Waals surface area contributed by atoms with E-state index in [2.05, 4.69) is 4.99 Å². The smallest absolute Gasteiger partial charge is 0.341 e. The molecule has 29 heavy (non-hydrogen) atoms. The lowest BCUT2D eigenvalue weighted by atomic mass is 10.1. The minimum atomic E-state index is -1.30. The van der Waals surface area contributed by atoms with Crippen LogP contribution in [-0.2, 0) is 0 Å². The number of aromatic hydroxyl groups is 1. The standard InChI is InChI=1S/C22H21N3O4/c1-14-10-18(26)8-9-20(14)25-13-19(22(28)29)21(27)11-17(25)12-23-15-4-6-16(7-5-15)24(2)3/h4-13,26H,1-3H3,(H,28,29). The van der Waals surface area contributed by atoms with Crippen LogP contribution < -0.4 is 10.3 Å². The molecule has 0 amide bonds. The van der Waals surface area contributed by atoms with E-state index in [-0.39, 0.29) is 11.3 Å². The average molecular weight is 391 g/mol. The normalized spacial score (nSPS) is 11.0. The number of pyridine rings is 1. The number of benzene rings is 2. The zero-order valence-electron chi connectivity index (χ0n) is 16.3. The van der Waals surface area contributed by atoms with Gasteiger partial charge in [0.05, 0.1) is 17.6 Å². The first kappa shape index (κ1) is 19.9. The zero-order valence-corrected chi connectivity index (χ0v) is 16.3. The van der Waals surface area contributed by atoms with E-state index in [1.54, 1.807) is 23.6 Å². The molecule has 3 aromatic rings. The summed E-state index contributed by atoms with van der Waals surface area (Å²) in [4.78, 5) is 30.1. The number of phenolic OH excluding ortho intramolecular Hbond substituents is 1. The number of anilines is 1. The van der Waals surface area contributed by atoms with Gasteiger partial charge in [0.15, 0.2) is 5.43 Å². The molecule has 0 fully saturated rings. The van der Waals surface area contributed by atoms with Crippen molar-refractivity contribution in [2.45, 2.75) is 6.92 Å². The molecule has 148 valence electrons. The van der Waals surface area contributed by atoms with Gasteiger partial charge < -0.3 is 19.7 Å². The van der Waals surface area contributed by atoms with Gasteiger partial charge in [-0.05, 0) is 55.0 Å². The molecule has 0 aliphatic rings. The van der Waals surface area contributed by atoms with Gasteiger partial charge in [-0.15, -0.1) is 0 Å². The molecule has 2 aromatic carbocycles. The van der Waals surface area contributed by atoms with Crippen LogP contribution in [0.4, 0.5) is 11.4 Å². The lowest BCUT2D eigenvalue weighted by Crippen LogP contribution is -2.19. The SMILES string of the molecule is Cc1cc(O)ccc1-n1cc(C(=O)O)c(=O)cc1C=Nc1ccc(N(C)C)cc1. The second kappa shape index (κ2) is 8.02. The molecular weight excluding hydrogens is 370 g/mol. The largest absolute Gasteiger partial charge is 0.508 e. The molecule has 7 heteroatoms. The second-order valence-electron chi connectivity index (χ2n) is 6.79. The van der Waals surface area contributed by atoms with Crippen molar-refractivity contribution in [1.29, 1.82) is 0 Å². The molecule has 0 aliphatic heterocycles. The summed E-state index contributed by atoms with van der Waals surface area (Å²) in [5.41, 5.74) is 2.56. The first-order chi connectivity index (χ1) is 13.8. The van der Waals surface area contributed by atoms with Gasteiger partial charge in [0.1, 0.15) is 11.3 Å². The lowest BCUT2D eigenvalue weighted by molar-refractivity contribution is 0.0694. The van der Waals surface area contributed by atoms with E-state index in [0.717, 1.165) is 11.3 Å². The Morgan fingerprint density at radius 3 is 2.38 bits per heavy atom. The first-order valence-electron chi connectivity index (χ1n) is 8.87. The topological polar surface area (TPSA) is 95.1 Å². The maximum atomic E-state index is 12.2. The second-order valence-corrected chi connectivity index (χ2v) is 6.79. The first-order valence-corrected chi connectivity index (χ1v) is 8.87. The summed E-state index contributed by atoms with van der Waals surface area (Å²) in [6, 6.07) is 13.5. The number of hydrogen-bond donors (Lipinski definition) is 2. The van der Waals surface area contributed by atoms with Crippen molar-refractivity contribution in [2.75, 3.05) is 19.0 Å². The van der Waals surface area contributed by atoms with Crippen LogP contribution in [0.25, 0.3) is 5.69 Å². The van der Waals surface area contributed by atoms with E-state index < -0.39 is 11.4 Å². The molecule has 0 bridgehead atoms. The van der Waals surface area contributed by atoms with Crippen LogP contribution in [0, 0.1) is 6.92 Å². The minimum absolute atomic E-state index is 0.0990. The third-order valence-electron chi connectivity index (χ3n) is 4.46. The van der Waals surface area contributed by atoms with Gasteiger partial charge in [0.2, 0.25) is 0 Å². The third kappa shape index (κ3) is 4.35. The summed E-state index contributed by atoms with van der Waals surface area (Å²) in [6.45, 7) is 1.79. The third-order valence-corrected chi connectivity index (χ3v) is 4.46. The fourth-order valence-corrected chi connectivity index (χ4v) is 2.91. The van der Waals surface area contributed by atoms with Crippen LogP contribution in [0.15, 0.2) is 64.5 Å². The number of carboxylic acid groups (broad SMARTS) is 1. The lowest BCUT2D eigenvalue weighted by Gasteiger charge is -2.15. The predicted molar refractivity (Wildman–Crippen MR) is 113 cm³/mol. The van der Waals surface area contributed by atoms with Crippen LogP contribution >= 0.6 is 0 Å². The van der Waals surface area contributed by atoms with E-state index in [9.17, 15) is 19.8 Å². The van der Waals surface area contributed by atoms with Crippen molar-refractivity contribution >= 4 is 23.6 Å². The number of nitrogens with zero attached hydrogens (tertiary/aromatic N) is 3. The number of aromatic nitrogens is 1. The molecular formula is C22H21N3O4. The van der Waals surface area contributed by atoms with Crippen molar-refractivity contribution in [1.82, 2.24) is 4.57 Å². The van der Waals surface area contributed by atoms with E-state index in [1.807, 2.05) is 43.3 Å². The monoisotopic (exact) mass is 391 g/mol. The van der Waals surface area contributed by atoms with Gasteiger partial charge in [0.25, 0.3) is 0 Å². The Morgan fingerprint density at radius 1 is 1.10 bits per heavy atom. The number of phenols is 1. The fraction of sp³-hybridized carbons (Fsp3) is 0.136. The molecule has 7 nitrogen and oxygen atoms in total. The number of aryl methyl sites for hydroxylation is 1. The number of carboxylic acids is 1. The average Bonchev–Trinajstić information content (AvgIpc) is 2.67.